The highest BCUT2D eigenvalue weighted by molar-refractivity contribution is 6.34. The van der Waals surface area contributed by atoms with Gasteiger partial charge in [-0.05, 0) is 60.7 Å². The lowest BCUT2D eigenvalue weighted by molar-refractivity contribution is -0.139. The lowest BCUT2D eigenvalue weighted by Gasteiger charge is -2.18. The summed E-state index contributed by atoms with van der Waals surface area (Å²) >= 11 is 11.7. The molecule has 2 unspecified atom stereocenters. The van der Waals surface area contributed by atoms with E-state index in [1.54, 1.807) is 25.1 Å². The molecule has 8 heteroatoms. The Morgan fingerprint density at radius 3 is 2.52 bits per heavy atom. The third kappa shape index (κ3) is 6.48. The van der Waals surface area contributed by atoms with Crippen molar-refractivity contribution in [3.63, 3.8) is 0 Å². The van der Waals surface area contributed by atoms with Gasteiger partial charge in [0.1, 0.15) is 0 Å². The number of hydrogen-bond donors (Lipinski definition) is 1. The van der Waals surface area contributed by atoms with E-state index in [1.807, 2.05) is 0 Å². The van der Waals surface area contributed by atoms with Crippen LogP contribution in [-0.2, 0) is 4.74 Å². The maximum atomic E-state index is 13.6. The van der Waals surface area contributed by atoms with E-state index < -0.39 is 12.1 Å². The van der Waals surface area contributed by atoms with E-state index in [0.29, 0.717) is 29.8 Å². The Bertz CT molecular complexity index is 950. The van der Waals surface area contributed by atoms with Crippen LogP contribution in [0.4, 0.5) is 13.2 Å². The summed E-state index contributed by atoms with van der Waals surface area (Å²) in [4.78, 5) is 12.4. The maximum absolute atomic E-state index is 13.6. The van der Waals surface area contributed by atoms with Crippen molar-refractivity contribution in [2.45, 2.75) is 38.0 Å². The summed E-state index contributed by atoms with van der Waals surface area (Å²) in [5.41, 5.74) is 1.66. The molecule has 1 aliphatic rings. The molecule has 0 aromatic heterocycles. The number of hydrogen-bond acceptors (Lipinski definition) is 2. The molecule has 1 saturated heterocycles. The smallest absolute Gasteiger partial charge is 0.376 e. The van der Waals surface area contributed by atoms with Gasteiger partial charge < -0.3 is 10.1 Å². The Morgan fingerprint density at radius 1 is 1.23 bits per heavy atom. The fourth-order valence-corrected chi connectivity index (χ4v) is 4.07. The first-order chi connectivity index (χ1) is 14.6. The Labute approximate surface area is 189 Å². The summed E-state index contributed by atoms with van der Waals surface area (Å²) in [6.45, 7) is 2.90. The van der Waals surface area contributed by atoms with E-state index in [2.05, 4.69) is 5.32 Å². The quantitative estimate of drug-likeness (QED) is 0.517. The molecule has 0 bridgehead atoms. The molecule has 31 heavy (non-hydrogen) atoms. The molecule has 2 aromatic rings. The van der Waals surface area contributed by atoms with Crippen LogP contribution < -0.4 is 5.32 Å². The highest BCUT2D eigenvalue weighted by Gasteiger charge is 2.39. The van der Waals surface area contributed by atoms with E-state index in [4.69, 9.17) is 27.9 Å². The minimum absolute atomic E-state index is 0.0331. The fraction of sp³-hybridized carbons (Fsp3) is 0.348. The van der Waals surface area contributed by atoms with Gasteiger partial charge in [-0.2, -0.15) is 13.2 Å². The zero-order chi connectivity index (χ0) is 22.6. The van der Waals surface area contributed by atoms with Crippen LogP contribution in [0.1, 0.15) is 45.8 Å². The monoisotopic (exact) mass is 471 g/mol. The first kappa shape index (κ1) is 23.6. The highest BCUT2D eigenvalue weighted by atomic mass is 35.5. The summed E-state index contributed by atoms with van der Waals surface area (Å²) in [6.07, 6.45) is -0.128. The van der Waals surface area contributed by atoms with Crippen molar-refractivity contribution < 1.29 is 22.7 Å². The van der Waals surface area contributed by atoms with Crippen molar-refractivity contribution in [3.05, 3.63) is 74.8 Å². The van der Waals surface area contributed by atoms with E-state index in [9.17, 15) is 18.0 Å². The third-order valence-electron chi connectivity index (χ3n) is 5.09. The molecule has 1 N–H and O–H groups in total. The van der Waals surface area contributed by atoms with E-state index >= 15 is 0 Å². The molecule has 3 rings (SSSR count). The van der Waals surface area contributed by atoms with E-state index in [-0.39, 0.29) is 27.6 Å². The highest BCUT2D eigenvalue weighted by Crippen LogP contribution is 2.38. The standard InChI is InChI=1S/C23H22Cl2F3NO2/c1-14-9-15(4-6-20(14)22(30)29-13-19-3-2-8-31-19)5-7-21(23(26,27)28)16-10-17(24)12-18(25)11-16/h4-7,9-12,19,21H,2-3,8,13H2,1H3,(H,29,30). The molecule has 0 aliphatic carbocycles. The number of aryl methyl sites for hydroxylation is 1. The molecule has 2 atom stereocenters. The lowest BCUT2D eigenvalue weighted by Crippen LogP contribution is -2.32. The van der Waals surface area contributed by atoms with Gasteiger partial charge in [0.15, 0.2) is 0 Å². The second kappa shape index (κ2) is 10.1. The minimum Gasteiger partial charge on any atom is -0.376 e. The van der Waals surface area contributed by atoms with Crippen LogP contribution >= 0.6 is 23.2 Å². The van der Waals surface area contributed by atoms with Crippen molar-refractivity contribution in [1.29, 1.82) is 0 Å². The normalized spacial score (nSPS) is 17.8. The molecule has 0 saturated carbocycles. The third-order valence-corrected chi connectivity index (χ3v) is 5.52. The number of halogens is 5. The number of alkyl halides is 3. The minimum atomic E-state index is -4.51. The molecule has 1 amide bonds. The Balaban J connectivity index is 1.75. The van der Waals surface area contributed by atoms with Gasteiger partial charge in [-0.15, -0.1) is 0 Å². The van der Waals surface area contributed by atoms with Crippen LogP contribution in [0.25, 0.3) is 6.08 Å². The molecular formula is C23H22Cl2F3NO2. The first-order valence-electron chi connectivity index (χ1n) is 9.85. The Hall–Kier alpha value is -2.02. The van der Waals surface area contributed by atoms with Crippen molar-refractivity contribution in [3.8, 4) is 0 Å². The van der Waals surface area contributed by atoms with Crippen LogP contribution in [0.3, 0.4) is 0 Å². The topological polar surface area (TPSA) is 38.3 Å². The molecule has 2 aromatic carbocycles. The van der Waals surface area contributed by atoms with Gasteiger partial charge >= 0.3 is 6.18 Å². The molecule has 0 radical (unpaired) electrons. The molecule has 0 spiro atoms. The first-order valence-corrected chi connectivity index (χ1v) is 10.6. The number of rotatable bonds is 6. The summed E-state index contributed by atoms with van der Waals surface area (Å²) in [6, 6.07) is 8.79. The van der Waals surface area contributed by atoms with Crippen LogP contribution in [0.15, 0.2) is 42.5 Å². The van der Waals surface area contributed by atoms with Crippen LogP contribution in [0, 0.1) is 6.92 Å². The molecule has 3 nitrogen and oxygen atoms in total. The predicted molar refractivity (Wildman–Crippen MR) is 117 cm³/mol. The molecule has 1 heterocycles. The summed E-state index contributed by atoms with van der Waals surface area (Å²) in [7, 11) is 0. The SMILES string of the molecule is Cc1cc(C=CC(c2cc(Cl)cc(Cl)c2)C(F)(F)F)ccc1C(=O)NCC1CCCO1. The second-order valence-electron chi connectivity index (χ2n) is 7.50. The maximum Gasteiger partial charge on any atom is 0.399 e. The number of nitrogens with one attached hydrogen (secondary N) is 1. The van der Waals surface area contributed by atoms with Gasteiger partial charge in [-0.25, -0.2) is 0 Å². The molecule has 166 valence electrons. The average molecular weight is 472 g/mol. The summed E-state index contributed by atoms with van der Waals surface area (Å²) in [5.74, 6) is -2.09. The number of allylic oxidation sites excluding steroid dienone is 1. The van der Waals surface area contributed by atoms with E-state index in [0.717, 1.165) is 18.9 Å². The zero-order valence-electron chi connectivity index (χ0n) is 16.8. The summed E-state index contributed by atoms with van der Waals surface area (Å²) in [5, 5.41) is 3.12. The summed E-state index contributed by atoms with van der Waals surface area (Å²) < 4.78 is 46.4. The van der Waals surface area contributed by atoms with Gasteiger partial charge in [0.05, 0.1) is 12.0 Å². The molecule has 1 aliphatic heterocycles. The van der Waals surface area contributed by atoms with Crippen molar-refractivity contribution in [1.82, 2.24) is 5.32 Å². The van der Waals surface area contributed by atoms with Gasteiger partial charge in [0, 0.05) is 28.8 Å². The number of carbonyl (C=O) groups excluding carboxylic acids is 1. The van der Waals surface area contributed by atoms with Gasteiger partial charge in [-0.1, -0.05) is 47.5 Å². The largest absolute Gasteiger partial charge is 0.399 e. The number of amides is 1. The Kier molecular flexibility index (Phi) is 7.68. The molecule has 1 fully saturated rings. The second-order valence-corrected chi connectivity index (χ2v) is 8.37. The van der Waals surface area contributed by atoms with Crippen molar-refractivity contribution in [2.75, 3.05) is 13.2 Å². The van der Waals surface area contributed by atoms with Gasteiger partial charge in [0.25, 0.3) is 5.91 Å². The number of carbonyl (C=O) groups is 1. The lowest BCUT2D eigenvalue weighted by atomic mass is 9.96. The van der Waals surface area contributed by atoms with Crippen LogP contribution in [0.2, 0.25) is 10.0 Å². The fourth-order valence-electron chi connectivity index (χ4n) is 3.52. The van der Waals surface area contributed by atoms with E-state index in [1.165, 1.54) is 24.3 Å². The molecular weight excluding hydrogens is 450 g/mol. The average Bonchev–Trinajstić information content (AvgIpc) is 3.18. The van der Waals surface area contributed by atoms with Crippen molar-refractivity contribution >= 4 is 35.2 Å². The van der Waals surface area contributed by atoms with Gasteiger partial charge in [-0.3, -0.25) is 4.79 Å². The van der Waals surface area contributed by atoms with Crippen LogP contribution in [-0.4, -0.2) is 31.3 Å². The predicted octanol–water partition coefficient (Wildman–Crippen LogP) is 6.57. The van der Waals surface area contributed by atoms with Crippen molar-refractivity contribution in [2.24, 2.45) is 0 Å². The van der Waals surface area contributed by atoms with Gasteiger partial charge in [0.2, 0.25) is 0 Å². The number of benzene rings is 2. The Morgan fingerprint density at radius 2 is 1.94 bits per heavy atom. The zero-order valence-corrected chi connectivity index (χ0v) is 18.3. The number of ether oxygens (including phenoxy) is 1. The van der Waals surface area contributed by atoms with Crippen LogP contribution in [0.5, 0.6) is 0 Å².